The van der Waals surface area contributed by atoms with E-state index in [9.17, 15) is 27.6 Å². The topological polar surface area (TPSA) is 79.6 Å². The number of alkyl halides is 3. The van der Waals surface area contributed by atoms with Crippen molar-refractivity contribution in [2.75, 3.05) is 6.54 Å². The van der Waals surface area contributed by atoms with Crippen LogP contribution >= 0.6 is 23.4 Å². The average molecular weight is 695 g/mol. The predicted octanol–water partition coefficient (Wildman–Crippen LogP) is 8.81. The predicted molar refractivity (Wildman–Crippen MR) is 181 cm³/mol. The summed E-state index contributed by atoms with van der Waals surface area (Å²) in [5, 5.41) is 3.56. The Morgan fingerprint density at radius 3 is 2.48 bits per heavy atom. The monoisotopic (exact) mass is 694 g/mol. The van der Waals surface area contributed by atoms with Gasteiger partial charge in [-0.3, -0.25) is 14.4 Å². The van der Waals surface area contributed by atoms with E-state index in [1.54, 1.807) is 12.1 Å². The lowest BCUT2D eigenvalue weighted by Gasteiger charge is -2.28. The highest BCUT2D eigenvalue weighted by Gasteiger charge is 2.30. The van der Waals surface area contributed by atoms with E-state index in [1.165, 1.54) is 28.8 Å². The summed E-state index contributed by atoms with van der Waals surface area (Å²) in [6, 6.07) is 19.9. The fraction of sp³-hybridized carbons (Fsp3) is 0.324. The van der Waals surface area contributed by atoms with E-state index < -0.39 is 22.9 Å². The zero-order valence-corrected chi connectivity index (χ0v) is 27.6. The molecular weight excluding hydrogens is 661 g/mol. The SMILES string of the molecule is O=C(NC(C=C1CCC(c2ccccc2CN2CCCC2=O)CC1)Cc1ccc(Cl)cc1)c1cc(=O)c2cc(SC(F)(F)F)ccc2o1. The van der Waals surface area contributed by atoms with Gasteiger partial charge in [-0.1, -0.05) is 59.6 Å². The first-order chi connectivity index (χ1) is 23.0. The first-order valence-corrected chi connectivity index (χ1v) is 17.1. The van der Waals surface area contributed by atoms with Crippen molar-refractivity contribution in [3.8, 4) is 0 Å². The first kappa shape index (κ1) is 33.9. The second kappa shape index (κ2) is 14.6. The van der Waals surface area contributed by atoms with E-state index in [-0.39, 0.29) is 39.3 Å². The van der Waals surface area contributed by atoms with Crippen LogP contribution in [0.5, 0.6) is 0 Å². The third-order valence-electron chi connectivity index (χ3n) is 8.93. The standard InChI is InChI=1S/C37H34ClF3N2O4S/c38-27-13-9-24(10-14-27)19-28(42-36(46)34-21-32(44)31-20-29(48-37(39,40)41)15-16-33(31)47-34)18-23-7-11-25(12-8-23)30-5-2-1-4-26(30)22-43-17-3-6-35(43)45/h1-2,4-5,9-10,13-16,18,20-21,25,28H,3,6-8,11-12,17,19,22H2,(H,42,46). The molecule has 2 amide bonds. The Bertz CT molecular complexity index is 1900. The zero-order valence-electron chi connectivity index (χ0n) is 26.0. The molecule has 2 heterocycles. The first-order valence-electron chi connectivity index (χ1n) is 15.9. The minimum absolute atomic E-state index is 0.0273. The summed E-state index contributed by atoms with van der Waals surface area (Å²) >= 11 is 5.78. The van der Waals surface area contributed by atoms with E-state index in [1.807, 2.05) is 23.1 Å². The van der Waals surface area contributed by atoms with Gasteiger partial charge in [0.1, 0.15) is 5.58 Å². The molecule has 1 unspecified atom stereocenters. The number of halogens is 4. The number of allylic oxidation sites excluding steroid dienone is 1. The second-order valence-corrected chi connectivity index (χ2v) is 13.9. The summed E-state index contributed by atoms with van der Waals surface area (Å²) in [4.78, 5) is 40.4. The molecule has 1 atom stereocenters. The Morgan fingerprint density at radius 1 is 1.02 bits per heavy atom. The van der Waals surface area contributed by atoms with E-state index in [0.717, 1.165) is 56.3 Å². The summed E-state index contributed by atoms with van der Waals surface area (Å²) in [6.07, 6.45) is 7.64. The van der Waals surface area contributed by atoms with E-state index in [4.69, 9.17) is 16.0 Å². The zero-order chi connectivity index (χ0) is 33.8. The molecule has 1 saturated carbocycles. The molecule has 1 aliphatic heterocycles. The Kier molecular flexibility index (Phi) is 10.3. The van der Waals surface area contributed by atoms with Gasteiger partial charge in [-0.2, -0.15) is 13.2 Å². The van der Waals surface area contributed by atoms with E-state index >= 15 is 0 Å². The molecule has 48 heavy (non-hydrogen) atoms. The summed E-state index contributed by atoms with van der Waals surface area (Å²) in [5.74, 6) is -0.246. The molecule has 0 bridgehead atoms. The van der Waals surface area contributed by atoms with Crippen LogP contribution < -0.4 is 10.7 Å². The van der Waals surface area contributed by atoms with Gasteiger partial charge in [-0.15, -0.1) is 0 Å². The van der Waals surface area contributed by atoms with E-state index in [0.29, 0.717) is 30.3 Å². The fourth-order valence-electron chi connectivity index (χ4n) is 6.61. The number of amides is 2. The maximum absolute atomic E-state index is 13.5. The van der Waals surface area contributed by atoms with Crippen LogP contribution in [-0.2, 0) is 17.8 Å². The Hall–Kier alpha value is -4.02. The van der Waals surface area contributed by atoms with Crippen molar-refractivity contribution >= 4 is 46.1 Å². The van der Waals surface area contributed by atoms with Crippen molar-refractivity contribution in [1.29, 1.82) is 0 Å². The van der Waals surface area contributed by atoms with Crippen LogP contribution in [0.1, 0.15) is 71.7 Å². The highest BCUT2D eigenvalue weighted by atomic mass is 35.5. The molecule has 0 spiro atoms. The van der Waals surface area contributed by atoms with E-state index in [2.05, 4.69) is 29.6 Å². The highest BCUT2D eigenvalue weighted by molar-refractivity contribution is 8.00. The van der Waals surface area contributed by atoms with Gasteiger partial charge in [0.05, 0.1) is 11.4 Å². The number of thioether (sulfide) groups is 1. The van der Waals surface area contributed by atoms with Gasteiger partial charge in [0.25, 0.3) is 5.91 Å². The maximum Gasteiger partial charge on any atom is 0.446 e. The van der Waals surface area contributed by atoms with Crippen molar-refractivity contribution in [2.45, 2.75) is 73.9 Å². The van der Waals surface area contributed by atoms with Crippen molar-refractivity contribution in [1.82, 2.24) is 10.2 Å². The molecule has 1 N–H and O–H groups in total. The molecule has 3 aromatic carbocycles. The molecule has 4 aromatic rings. The van der Waals surface area contributed by atoms with Gasteiger partial charge in [0.15, 0.2) is 11.2 Å². The maximum atomic E-state index is 13.5. The number of fused-ring (bicyclic) bond motifs is 1. The van der Waals surface area contributed by atoms with Crippen LogP contribution in [-0.4, -0.2) is 34.8 Å². The smallest absolute Gasteiger partial charge is 0.446 e. The molecule has 1 aliphatic carbocycles. The van der Waals surface area contributed by atoms with Crippen molar-refractivity contribution < 1.29 is 27.2 Å². The van der Waals surface area contributed by atoms with Crippen LogP contribution in [0, 0.1) is 0 Å². The fourth-order valence-corrected chi connectivity index (χ4v) is 7.32. The lowest BCUT2D eigenvalue weighted by Crippen LogP contribution is -2.36. The van der Waals surface area contributed by atoms with Gasteiger partial charge in [-0.05, 0) is 103 Å². The number of benzene rings is 3. The molecule has 0 radical (unpaired) electrons. The molecular formula is C37H34ClF3N2O4S. The number of carbonyl (C=O) groups is 2. The molecule has 2 fully saturated rings. The van der Waals surface area contributed by atoms with Crippen LogP contribution in [0.15, 0.2) is 98.6 Å². The summed E-state index contributed by atoms with van der Waals surface area (Å²) in [5.41, 5.74) is -0.420. The number of nitrogens with one attached hydrogen (secondary N) is 1. The van der Waals surface area contributed by atoms with Crippen LogP contribution in [0.3, 0.4) is 0 Å². The van der Waals surface area contributed by atoms with Gasteiger partial charge in [0.2, 0.25) is 5.91 Å². The number of carbonyl (C=O) groups excluding carboxylic acids is 2. The summed E-state index contributed by atoms with van der Waals surface area (Å²) in [6.45, 7) is 1.44. The largest absolute Gasteiger partial charge is 0.451 e. The lowest BCUT2D eigenvalue weighted by atomic mass is 9.79. The van der Waals surface area contributed by atoms with Crippen LogP contribution in [0.25, 0.3) is 11.0 Å². The molecule has 2 aliphatic rings. The van der Waals surface area contributed by atoms with Crippen molar-refractivity contribution in [3.63, 3.8) is 0 Å². The Morgan fingerprint density at radius 2 is 1.77 bits per heavy atom. The minimum atomic E-state index is -4.50. The van der Waals surface area contributed by atoms with Crippen molar-refractivity contribution in [3.05, 3.63) is 122 Å². The van der Waals surface area contributed by atoms with Crippen LogP contribution in [0.2, 0.25) is 5.02 Å². The lowest BCUT2D eigenvalue weighted by molar-refractivity contribution is -0.128. The quantitative estimate of drug-likeness (QED) is 0.140. The highest BCUT2D eigenvalue weighted by Crippen LogP contribution is 2.39. The molecule has 1 aromatic heterocycles. The normalized spacial score (nSPS) is 17.5. The minimum Gasteiger partial charge on any atom is -0.451 e. The van der Waals surface area contributed by atoms with Gasteiger partial charge in [-0.25, -0.2) is 0 Å². The summed E-state index contributed by atoms with van der Waals surface area (Å²) in [7, 11) is 0. The van der Waals surface area contributed by atoms with Gasteiger partial charge >= 0.3 is 5.51 Å². The molecule has 250 valence electrons. The number of hydrogen-bond donors (Lipinski definition) is 1. The summed E-state index contributed by atoms with van der Waals surface area (Å²) < 4.78 is 44.3. The average Bonchev–Trinajstić information content (AvgIpc) is 3.46. The van der Waals surface area contributed by atoms with Gasteiger partial charge in [0, 0.05) is 35.5 Å². The number of likely N-dealkylation sites (tertiary alicyclic amines) is 1. The van der Waals surface area contributed by atoms with Crippen LogP contribution in [0.4, 0.5) is 13.2 Å². The third kappa shape index (κ3) is 8.52. The Labute approximate surface area is 285 Å². The molecule has 11 heteroatoms. The molecule has 6 nitrogen and oxygen atoms in total. The number of nitrogens with zero attached hydrogens (tertiary/aromatic N) is 1. The van der Waals surface area contributed by atoms with Crippen molar-refractivity contribution in [2.24, 2.45) is 0 Å². The number of hydrogen-bond acceptors (Lipinski definition) is 5. The number of rotatable bonds is 9. The molecule has 1 saturated heterocycles. The molecule has 6 rings (SSSR count). The third-order valence-corrected chi connectivity index (χ3v) is 9.91. The second-order valence-electron chi connectivity index (χ2n) is 12.3. The van der Waals surface area contributed by atoms with Gasteiger partial charge < -0.3 is 14.6 Å². The Balaban J connectivity index is 1.19.